The number of carbonyl (C=O) groups excluding carboxylic acids is 2. The Labute approximate surface area is 189 Å². The minimum absolute atomic E-state index is 0.00963. The lowest BCUT2D eigenvalue weighted by molar-refractivity contribution is -0.159. The van der Waals surface area contributed by atoms with E-state index in [-0.39, 0.29) is 41.0 Å². The summed E-state index contributed by atoms with van der Waals surface area (Å²) in [4.78, 5) is 25.4. The summed E-state index contributed by atoms with van der Waals surface area (Å²) in [7, 11) is 0. The van der Waals surface area contributed by atoms with E-state index in [9.17, 15) is 9.59 Å². The van der Waals surface area contributed by atoms with E-state index in [2.05, 4.69) is 39.9 Å². The van der Waals surface area contributed by atoms with Crippen LogP contribution in [0.4, 0.5) is 0 Å². The van der Waals surface area contributed by atoms with Crippen molar-refractivity contribution in [3.63, 3.8) is 0 Å². The normalized spacial score (nSPS) is 34.8. The molecule has 0 amide bonds. The van der Waals surface area contributed by atoms with Crippen molar-refractivity contribution in [1.82, 2.24) is 5.32 Å². The smallest absolute Gasteiger partial charge is 0.310 e. The van der Waals surface area contributed by atoms with Crippen molar-refractivity contribution in [1.29, 1.82) is 0 Å². The molecule has 3 fully saturated rings. The number of esters is 2. The fourth-order valence-electron chi connectivity index (χ4n) is 6.23. The van der Waals surface area contributed by atoms with Crippen LogP contribution in [0.15, 0.2) is 0 Å². The SMILES string of the molecule is CCCC1CCC(OC(=O)C2CCC(COC(=O)C3CC(C)(C)NC3(C)C)CC2)CC1. The molecule has 0 aromatic heterocycles. The molecule has 31 heavy (non-hydrogen) atoms. The Bertz CT molecular complexity index is 613. The number of nitrogens with one attached hydrogen (secondary N) is 1. The van der Waals surface area contributed by atoms with Crippen LogP contribution in [0.2, 0.25) is 0 Å². The van der Waals surface area contributed by atoms with Gasteiger partial charge in [0.15, 0.2) is 0 Å². The molecular formula is C26H45NO4. The Hall–Kier alpha value is -1.10. The minimum atomic E-state index is -0.238. The van der Waals surface area contributed by atoms with Gasteiger partial charge in [-0.1, -0.05) is 19.8 Å². The lowest BCUT2D eigenvalue weighted by atomic mass is 9.82. The molecule has 1 N–H and O–H groups in total. The monoisotopic (exact) mass is 435 g/mol. The maximum atomic E-state index is 12.7. The quantitative estimate of drug-likeness (QED) is 0.542. The zero-order valence-corrected chi connectivity index (χ0v) is 20.5. The van der Waals surface area contributed by atoms with Crippen molar-refractivity contribution in [2.75, 3.05) is 6.61 Å². The Kier molecular flexibility index (Phi) is 8.10. The van der Waals surface area contributed by atoms with E-state index in [0.717, 1.165) is 50.9 Å². The van der Waals surface area contributed by atoms with Crippen LogP contribution in [0, 0.1) is 23.7 Å². The first-order chi connectivity index (χ1) is 14.6. The maximum Gasteiger partial charge on any atom is 0.310 e. The van der Waals surface area contributed by atoms with E-state index < -0.39 is 0 Å². The molecule has 3 rings (SSSR count). The van der Waals surface area contributed by atoms with Gasteiger partial charge < -0.3 is 14.8 Å². The summed E-state index contributed by atoms with van der Waals surface area (Å²) in [5.41, 5.74) is -0.279. The van der Waals surface area contributed by atoms with Crippen LogP contribution in [-0.4, -0.2) is 35.7 Å². The van der Waals surface area contributed by atoms with Crippen molar-refractivity contribution >= 4 is 11.9 Å². The zero-order chi connectivity index (χ0) is 22.6. The van der Waals surface area contributed by atoms with Crippen molar-refractivity contribution in [3.05, 3.63) is 0 Å². The fraction of sp³-hybridized carbons (Fsp3) is 0.923. The molecule has 5 heteroatoms. The number of carbonyl (C=O) groups is 2. The highest BCUT2D eigenvalue weighted by molar-refractivity contribution is 5.75. The number of hydrogen-bond acceptors (Lipinski definition) is 5. The summed E-state index contributed by atoms with van der Waals surface area (Å²) < 4.78 is 11.6. The Balaban J connectivity index is 1.35. The third kappa shape index (κ3) is 6.69. The second kappa shape index (κ2) is 10.2. The van der Waals surface area contributed by atoms with Crippen LogP contribution in [-0.2, 0) is 19.1 Å². The molecule has 0 bridgehead atoms. The van der Waals surface area contributed by atoms with E-state index in [4.69, 9.17) is 9.47 Å². The molecule has 0 spiro atoms. The zero-order valence-electron chi connectivity index (χ0n) is 20.5. The van der Waals surface area contributed by atoms with Gasteiger partial charge in [0.1, 0.15) is 6.10 Å². The largest absolute Gasteiger partial charge is 0.465 e. The molecule has 178 valence electrons. The van der Waals surface area contributed by atoms with E-state index in [0.29, 0.717) is 12.5 Å². The standard InChI is InChI=1S/C26H45NO4/c1-6-7-18-10-14-21(15-11-18)31-23(28)20-12-8-19(9-13-20)17-30-24(29)22-16-25(2,3)27-26(22,4)5/h18-22,27H,6-17H2,1-5H3. The molecule has 2 saturated carbocycles. The maximum absolute atomic E-state index is 12.7. The molecule has 1 heterocycles. The third-order valence-electron chi connectivity index (χ3n) is 7.95. The third-order valence-corrected chi connectivity index (χ3v) is 7.95. The summed E-state index contributed by atoms with van der Waals surface area (Å²) in [6.07, 6.45) is 11.6. The first-order valence-corrected chi connectivity index (χ1v) is 12.8. The number of rotatable bonds is 7. The second-order valence-corrected chi connectivity index (χ2v) is 11.7. The van der Waals surface area contributed by atoms with Gasteiger partial charge in [-0.3, -0.25) is 9.59 Å². The number of ether oxygens (including phenoxy) is 2. The van der Waals surface area contributed by atoms with E-state index in [1.165, 1.54) is 25.7 Å². The van der Waals surface area contributed by atoms with Crippen LogP contribution in [0.3, 0.4) is 0 Å². The summed E-state index contributed by atoms with van der Waals surface area (Å²) in [6, 6.07) is 0. The molecule has 0 aromatic carbocycles. The van der Waals surface area contributed by atoms with Crippen molar-refractivity contribution < 1.29 is 19.1 Å². The van der Waals surface area contributed by atoms with Crippen LogP contribution < -0.4 is 5.32 Å². The molecule has 1 unspecified atom stereocenters. The molecule has 5 nitrogen and oxygen atoms in total. The molecule has 1 saturated heterocycles. The average molecular weight is 436 g/mol. The predicted octanol–water partition coefficient (Wildman–Crippen LogP) is 5.40. The Morgan fingerprint density at radius 3 is 2.03 bits per heavy atom. The van der Waals surface area contributed by atoms with Gasteiger partial charge in [-0.2, -0.15) is 0 Å². The van der Waals surface area contributed by atoms with Gasteiger partial charge in [0.2, 0.25) is 0 Å². The first kappa shape index (κ1) is 24.5. The topological polar surface area (TPSA) is 64.6 Å². The molecule has 2 aliphatic carbocycles. The lowest BCUT2D eigenvalue weighted by Gasteiger charge is -2.32. The van der Waals surface area contributed by atoms with Gasteiger partial charge in [0.25, 0.3) is 0 Å². The molecular weight excluding hydrogens is 390 g/mol. The van der Waals surface area contributed by atoms with Gasteiger partial charge >= 0.3 is 11.9 Å². The van der Waals surface area contributed by atoms with Crippen molar-refractivity contribution in [2.45, 2.75) is 122 Å². The molecule has 0 aromatic rings. The van der Waals surface area contributed by atoms with E-state index >= 15 is 0 Å². The van der Waals surface area contributed by atoms with E-state index in [1.54, 1.807) is 0 Å². The lowest BCUT2D eigenvalue weighted by Crippen LogP contribution is -2.46. The van der Waals surface area contributed by atoms with Crippen LogP contribution >= 0.6 is 0 Å². The summed E-state index contributed by atoms with van der Waals surface area (Å²) in [5, 5.41) is 3.55. The summed E-state index contributed by atoms with van der Waals surface area (Å²) in [5.74, 6) is 1.04. The Morgan fingerprint density at radius 1 is 0.871 bits per heavy atom. The van der Waals surface area contributed by atoms with Crippen molar-refractivity contribution in [2.24, 2.45) is 23.7 Å². The van der Waals surface area contributed by atoms with Crippen molar-refractivity contribution in [3.8, 4) is 0 Å². The van der Waals surface area contributed by atoms with Gasteiger partial charge in [0, 0.05) is 11.1 Å². The van der Waals surface area contributed by atoms with Crippen LogP contribution in [0.5, 0.6) is 0 Å². The van der Waals surface area contributed by atoms with Crippen LogP contribution in [0.1, 0.15) is 105 Å². The fourth-order valence-corrected chi connectivity index (χ4v) is 6.23. The average Bonchev–Trinajstić information content (AvgIpc) is 2.95. The second-order valence-electron chi connectivity index (χ2n) is 11.7. The van der Waals surface area contributed by atoms with Crippen LogP contribution in [0.25, 0.3) is 0 Å². The highest BCUT2D eigenvalue weighted by atomic mass is 16.5. The molecule has 3 aliphatic rings. The summed E-state index contributed by atoms with van der Waals surface area (Å²) in [6.45, 7) is 11.2. The van der Waals surface area contributed by atoms with Gasteiger partial charge in [-0.05, 0) is 97.3 Å². The Morgan fingerprint density at radius 2 is 1.48 bits per heavy atom. The highest BCUT2D eigenvalue weighted by Gasteiger charge is 2.48. The number of hydrogen-bond donors (Lipinski definition) is 1. The van der Waals surface area contributed by atoms with Gasteiger partial charge in [-0.15, -0.1) is 0 Å². The van der Waals surface area contributed by atoms with E-state index in [1.807, 2.05) is 0 Å². The molecule has 1 atom stereocenters. The molecule has 1 aliphatic heterocycles. The van der Waals surface area contributed by atoms with Gasteiger partial charge in [0.05, 0.1) is 18.4 Å². The van der Waals surface area contributed by atoms with Gasteiger partial charge in [-0.25, -0.2) is 0 Å². The first-order valence-electron chi connectivity index (χ1n) is 12.8. The minimum Gasteiger partial charge on any atom is -0.465 e. The predicted molar refractivity (Wildman–Crippen MR) is 123 cm³/mol. The molecule has 0 radical (unpaired) electrons. The summed E-state index contributed by atoms with van der Waals surface area (Å²) >= 11 is 0. The highest BCUT2D eigenvalue weighted by Crippen LogP contribution is 2.37.